The maximum Gasteiger partial charge on any atom is 0.251 e. The van der Waals surface area contributed by atoms with Gasteiger partial charge in [0.1, 0.15) is 0 Å². The summed E-state index contributed by atoms with van der Waals surface area (Å²) >= 11 is 1.67. The first-order valence-corrected chi connectivity index (χ1v) is 10.9. The van der Waals surface area contributed by atoms with E-state index in [0.717, 1.165) is 30.3 Å². The first-order chi connectivity index (χ1) is 13.7. The molecule has 2 amide bonds. The topological polar surface area (TPSA) is 65.5 Å². The van der Waals surface area contributed by atoms with Gasteiger partial charge in [-0.05, 0) is 30.0 Å². The van der Waals surface area contributed by atoms with E-state index in [9.17, 15) is 9.59 Å². The van der Waals surface area contributed by atoms with Gasteiger partial charge in [0, 0.05) is 43.7 Å². The quantitative estimate of drug-likeness (QED) is 0.817. The van der Waals surface area contributed by atoms with Crippen molar-refractivity contribution in [1.29, 1.82) is 0 Å². The van der Waals surface area contributed by atoms with Gasteiger partial charge in [-0.15, -0.1) is 11.3 Å². The number of nitrogens with one attached hydrogen (secondary N) is 1. The smallest absolute Gasteiger partial charge is 0.251 e. The lowest BCUT2D eigenvalue weighted by molar-refractivity contribution is -0.131. The van der Waals surface area contributed by atoms with E-state index in [0.29, 0.717) is 18.7 Å². The van der Waals surface area contributed by atoms with Gasteiger partial charge >= 0.3 is 0 Å². The Hall–Kier alpha value is -2.25. The largest absolute Gasteiger partial charge is 0.343 e. The summed E-state index contributed by atoms with van der Waals surface area (Å²) in [6.07, 6.45) is 0. The average Bonchev–Trinajstić information content (AvgIpc) is 3.10. The van der Waals surface area contributed by atoms with E-state index in [1.165, 1.54) is 5.56 Å². The number of rotatable bonds is 5. The SMILES string of the molecule is Cc1nc(CN2CCN(C(=O)CNC(=O)c3ccc(C(C)(C)C)cc3)CC2)cs1. The molecule has 29 heavy (non-hydrogen) atoms. The van der Waals surface area contributed by atoms with Gasteiger partial charge in [-0.1, -0.05) is 32.9 Å². The Kier molecular flexibility index (Phi) is 6.70. The van der Waals surface area contributed by atoms with E-state index in [1.54, 1.807) is 11.3 Å². The van der Waals surface area contributed by atoms with E-state index in [4.69, 9.17) is 0 Å². The number of benzene rings is 1. The fraction of sp³-hybridized carbons (Fsp3) is 0.500. The third-order valence-corrected chi connectivity index (χ3v) is 6.01. The molecular formula is C22H30N4O2S. The van der Waals surface area contributed by atoms with Crippen molar-refractivity contribution in [3.05, 3.63) is 51.5 Å². The van der Waals surface area contributed by atoms with Crippen molar-refractivity contribution in [3.8, 4) is 0 Å². The zero-order valence-corrected chi connectivity index (χ0v) is 18.5. The number of hydrogen-bond donors (Lipinski definition) is 1. The second-order valence-electron chi connectivity index (χ2n) is 8.52. The molecule has 6 nitrogen and oxygen atoms in total. The highest BCUT2D eigenvalue weighted by Crippen LogP contribution is 2.22. The van der Waals surface area contributed by atoms with Crippen LogP contribution in [0.15, 0.2) is 29.6 Å². The summed E-state index contributed by atoms with van der Waals surface area (Å²) in [4.78, 5) is 33.5. The standard InChI is InChI=1S/C22H30N4O2S/c1-16-24-19(15-29-16)14-25-9-11-26(12-10-25)20(27)13-23-21(28)17-5-7-18(8-6-17)22(2,3)4/h5-8,15H,9-14H2,1-4H3,(H,23,28). The highest BCUT2D eigenvalue weighted by atomic mass is 32.1. The summed E-state index contributed by atoms with van der Waals surface area (Å²) in [5.41, 5.74) is 2.90. The zero-order chi connectivity index (χ0) is 21.0. The summed E-state index contributed by atoms with van der Waals surface area (Å²) in [6, 6.07) is 7.58. The van der Waals surface area contributed by atoms with Crippen LogP contribution in [0.2, 0.25) is 0 Å². The van der Waals surface area contributed by atoms with Crippen molar-refractivity contribution in [2.75, 3.05) is 32.7 Å². The van der Waals surface area contributed by atoms with E-state index in [1.807, 2.05) is 36.1 Å². The van der Waals surface area contributed by atoms with E-state index in [2.05, 4.69) is 41.4 Å². The molecule has 0 spiro atoms. The molecule has 0 unspecified atom stereocenters. The Morgan fingerprint density at radius 3 is 2.31 bits per heavy atom. The summed E-state index contributed by atoms with van der Waals surface area (Å²) in [5, 5.41) is 5.93. The molecule has 7 heteroatoms. The van der Waals surface area contributed by atoms with Crippen molar-refractivity contribution in [2.24, 2.45) is 0 Å². The highest BCUT2D eigenvalue weighted by molar-refractivity contribution is 7.09. The van der Waals surface area contributed by atoms with Crippen LogP contribution in [0.4, 0.5) is 0 Å². The summed E-state index contributed by atoms with van der Waals surface area (Å²) in [7, 11) is 0. The molecule has 0 aliphatic carbocycles. The lowest BCUT2D eigenvalue weighted by atomic mass is 9.87. The van der Waals surface area contributed by atoms with Crippen LogP contribution < -0.4 is 5.32 Å². The Bertz CT molecular complexity index is 846. The molecule has 2 aromatic rings. The summed E-state index contributed by atoms with van der Waals surface area (Å²) < 4.78 is 0. The summed E-state index contributed by atoms with van der Waals surface area (Å²) in [5.74, 6) is -0.245. The first kappa shape index (κ1) is 21.5. The van der Waals surface area contributed by atoms with Gasteiger partial charge in [0.15, 0.2) is 0 Å². The monoisotopic (exact) mass is 414 g/mol. The number of nitrogens with zero attached hydrogens (tertiary/aromatic N) is 3. The zero-order valence-electron chi connectivity index (χ0n) is 17.7. The fourth-order valence-electron chi connectivity index (χ4n) is 3.36. The molecular weight excluding hydrogens is 384 g/mol. The van der Waals surface area contributed by atoms with Gasteiger partial charge in [0.25, 0.3) is 5.91 Å². The molecule has 156 valence electrons. The number of carbonyl (C=O) groups is 2. The maximum absolute atomic E-state index is 12.5. The second-order valence-corrected chi connectivity index (χ2v) is 9.59. The van der Waals surface area contributed by atoms with Crippen LogP contribution in [0.3, 0.4) is 0 Å². The van der Waals surface area contributed by atoms with E-state index in [-0.39, 0.29) is 23.8 Å². The van der Waals surface area contributed by atoms with Gasteiger partial charge in [0.2, 0.25) is 5.91 Å². The second kappa shape index (κ2) is 9.05. The first-order valence-electron chi connectivity index (χ1n) is 10.0. The average molecular weight is 415 g/mol. The van der Waals surface area contributed by atoms with Crippen LogP contribution in [0, 0.1) is 6.92 Å². The minimum atomic E-state index is -0.212. The van der Waals surface area contributed by atoms with Gasteiger partial charge in [0.05, 0.1) is 17.2 Å². The molecule has 2 heterocycles. The molecule has 0 bridgehead atoms. The Balaban J connectivity index is 1.43. The number of aryl methyl sites for hydroxylation is 1. The molecule has 1 N–H and O–H groups in total. The minimum Gasteiger partial charge on any atom is -0.343 e. The van der Waals surface area contributed by atoms with E-state index >= 15 is 0 Å². The van der Waals surface area contributed by atoms with Crippen molar-refractivity contribution in [1.82, 2.24) is 20.1 Å². The number of amides is 2. The van der Waals surface area contributed by atoms with Crippen LogP contribution in [-0.2, 0) is 16.8 Å². The molecule has 0 atom stereocenters. The number of thiazole rings is 1. The van der Waals surface area contributed by atoms with Crippen LogP contribution >= 0.6 is 11.3 Å². The third-order valence-electron chi connectivity index (χ3n) is 5.19. The molecule has 1 saturated heterocycles. The van der Waals surface area contributed by atoms with Gasteiger partial charge in [-0.25, -0.2) is 4.98 Å². The van der Waals surface area contributed by atoms with Crippen LogP contribution in [-0.4, -0.2) is 59.3 Å². The van der Waals surface area contributed by atoms with Gasteiger partial charge < -0.3 is 10.2 Å². The lowest BCUT2D eigenvalue weighted by Gasteiger charge is -2.34. The van der Waals surface area contributed by atoms with Crippen LogP contribution in [0.1, 0.15) is 47.4 Å². The highest BCUT2D eigenvalue weighted by Gasteiger charge is 2.22. The third kappa shape index (κ3) is 5.87. The van der Waals surface area contributed by atoms with Crippen molar-refractivity contribution >= 4 is 23.2 Å². The molecule has 1 aliphatic heterocycles. The van der Waals surface area contributed by atoms with Crippen LogP contribution in [0.25, 0.3) is 0 Å². The molecule has 0 radical (unpaired) electrons. The van der Waals surface area contributed by atoms with Gasteiger partial charge in [-0.3, -0.25) is 14.5 Å². The minimum absolute atomic E-state index is 0.0329. The summed E-state index contributed by atoms with van der Waals surface area (Å²) in [6.45, 7) is 12.3. The molecule has 1 aromatic carbocycles. The maximum atomic E-state index is 12.5. The fourth-order valence-corrected chi connectivity index (χ4v) is 3.96. The number of hydrogen-bond acceptors (Lipinski definition) is 5. The Morgan fingerprint density at radius 1 is 1.10 bits per heavy atom. The normalized spacial score (nSPS) is 15.4. The number of aromatic nitrogens is 1. The Morgan fingerprint density at radius 2 is 1.76 bits per heavy atom. The number of piperazine rings is 1. The van der Waals surface area contributed by atoms with Crippen LogP contribution in [0.5, 0.6) is 0 Å². The number of carbonyl (C=O) groups excluding carboxylic acids is 2. The predicted molar refractivity (Wildman–Crippen MR) is 116 cm³/mol. The molecule has 1 aliphatic rings. The predicted octanol–water partition coefficient (Wildman–Crippen LogP) is 2.82. The van der Waals surface area contributed by atoms with Crippen molar-refractivity contribution in [2.45, 2.75) is 39.7 Å². The Labute approximate surface area is 176 Å². The molecule has 3 rings (SSSR count). The molecule has 0 saturated carbocycles. The lowest BCUT2D eigenvalue weighted by Crippen LogP contribution is -2.50. The van der Waals surface area contributed by atoms with Crippen molar-refractivity contribution in [3.63, 3.8) is 0 Å². The molecule has 1 fully saturated rings. The van der Waals surface area contributed by atoms with Gasteiger partial charge in [-0.2, -0.15) is 0 Å². The van der Waals surface area contributed by atoms with Crippen molar-refractivity contribution < 1.29 is 9.59 Å². The molecule has 1 aromatic heterocycles. The van der Waals surface area contributed by atoms with E-state index < -0.39 is 0 Å².